The lowest BCUT2D eigenvalue weighted by molar-refractivity contribution is 0.946. The van der Waals surface area contributed by atoms with Crippen molar-refractivity contribution in [1.29, 1.82) is 0 Å². The van der Waals surface area contributed by atoms with Crippen molar-refractivity contribution in [3.05, 3.63) is 48.0 Å². The second-order valence-electron chi connectivity index (χ2n) is 4.19. The zero-order valence-corrected chi connectivity index (χ0v) is 10.5. The van der Waals surface area contributed by atoms with E-state index in [1.165, 1.54) is 0 Å². The summed E-state index contributed by atoms with van der Waals surface area (Å²) in [5, 5.41) is 4.91. The molecule has 6 heteroatoms. The van der Waals surface area contributed by atoms with E-state index >= 15 is 0 Å². The number of halogens is 1. The molecule has 92 valence electrons. The van der Waals surface area contributed by atoms with Crippen molar-refractivity contribution in [1.82, 2.24) is 24.6 Å². The molecule has 0 fully saturated rings. The first-order valence-electron chi connectivity index (χ1n) is 5.75. The first-order chi connectivity index (χ1) is 9.33. The predicted octanol–water partition coefficient (Wildman–Crippen LogP) is 2.93. The fraction of sp³-hybridized carbons (Fsp3) is 0. The summed E-state index contributed by atoms with van der Waals surface area (Å²) >= 11 is 6.13. The average molecular weight is 270 g/mol. The minimum atomic E-state index is 0.634. The van der Waals surface area contributed by atoms with Gasteiger partial charge in [-0.15, -0.1) is 0 Å². The molecule has 3 heterocycles. The van der Waals surface area contributed by atoms with Gasteiger partial charge in [0.25, 0.3) is 0 Å². The number of nitrogens with zero attached hydrogens (tertiary/aromatic N) is 4. The van der Waals surface area contributed by atoms with Crippen LogP contribution in [-0.2, 0) is 0 Å². The van der Waals surface area contributed by atoms with Gasteiger partial charge in [-0.3, -0.25) is 4.98 Å². The number of aromatic nitrogens is 5. The molecular formula is C13H8ClN5. The van der Waals surface area contributed by atoms with Crippen LogP contribution in [0.2, 0.25) is 5.02 Å². The third-order valence-corrected chi connectivity index (χ3v) is 3.35. The lowest BCUT2D eigenvalue weighted by atomic mass is 10.3. The Hall–Kier alpha value is -2.40. The largest absolute Gasteiger partial charge is 0.338 e. The molecule has 0 aliphatic carbocycles. The molecule has 4 rings (SSSR count). The molecule has 4 aromatic rings. The third kappa shape index (κ3) is 1.52. The number of para-hydroxylation sites is 1. The van der Waals surface area contributed by atoms with Gasteiger partial charge in [0.2, 0.25) is 0 Å². The van der Waals surface area contributed by atoms with Crippen LogP contribution in [0.25, 0.3) is 27.9 Å². The maximum absolute atomic E-state index is 6.13. The summed E-state index contributed by atoms with van der Waals surface area (Å²) in [7, 11) is 0. The zero-order chi connectivity index (χ0) is 12.8. The Morgan fingerprint density at radius 2 is 2.16 bits per heavy atom. The van der Waals surface area contributed by atoms with Crippen LogP contribution < -0.4 is 0 Å². The molecule has 5 nitrogen and oxygen atoms in total. The molecule has 0 atom stereocenters. The van der Waals surface area contributed by atoms with Crippen molar-refractivity contribution >= 4 is 28.2 Å². The van der Waals surface area contributed by atoms with Crippen LogP contribution in [0.3, 0.4) is 0 Å². The number of nitrogens with one attached hydrogen (secondary N) is 1. The molecule has 0 aliphatic rings. The van der Waals surface area contributed by atoms with E-state index in [0.29, 0.717) is 5.02 Å². The molecule has 1 aromatic carbocycles. The van der Waals surface area contributed by atoms with Crippen molar-refractivity contribution < 1.29 is 0 Å². The molecular weight excluding hydrogens is 262 g/mol. The Morgan fingerprint density at radius 1 is 1.21 bits per heavy atom. The van der Waals surface area contributed by atoms with Gasteiger partial charge in [0.05, 0.1) is 34.0 Å². The first kappa shape index (κ1) is 10.5. The average Bonchev–Trinajstić information content (AvgIpc) is 3.02. The molecule has 0 radical (unpaired) electrons. The van der Waals surface area contributed by atoms with Gasteiger partial charge in [0, 0.05) is 12.4 Å². The minimum absolute atomic E-state index is 0.634. The number of imidazole rings is 1. The maximum atomic E-state index is 6.13. The topological polar surface area (TPSA) is 58.9 Å². The summed E-state index contributed by atoms with van der Waals surface area (Å²) in [6.07, 6.45) is 7.02. The van der Waals surface area contributed by atoms with Crippen LogP contribution in [0.4, 0.5) is 0 Å². The molecule has 0 amide bonds. The van der Waals surface area contributed by atoms with Gasteiger partial charge in [-0.05, 0) is 12.1 Å². The highest BCUT2D eigenvalue weighted by molar-refractivity contribution is 6.35. The van der Waals surface area contributed by atoms with E-state index in [1.54, 1.807) is 29.3 Å². The Bertz CT molecular complexity index is 892. The second-order valence-corrected chi connectivity index (χ2v) is 4.59. The van der Waals surface area contributed by atoms with Gasteiger partial charge in [-0.25, -0.2) is 9.50 Å². The smallest absolute Gasteiger partial charge is 0.142 e. The molecule has 0 bridgehead atoms. The lowest BCUT2D eigenvalue weighted by Gasteiger charge is -1.93. The highest BCUT2D eigenvalue weighted by Gasteiger charge is 2.12. The quantitative estimate of drug-likeness (QED) is 0.578. The van der Waals surface area contributed by atoms with Crippen molar-refractivity contribution in [3.63, 3.8) is 0 Å². The van der Waals surface area contributed by atoms with Gasteiger partial charge in [0.1, 0.15) is 11.3 Å². The summed E-state index contributed by atoms with van der Waals surface area (Å²) in [4.78, 5) is 11.9. The summed E-state index contributed by atoms with van der Waals surface area (Å²) < 4.78 is 1.76. The van der Waals surface area contributed by atoms with E-state index in [0.717, 1.165) is 27.9 Å². The van der Waals surface area contributed by atoms with E-state index in [1.807, 2.05) is 18.2 Å². The van der Waals surface area contributed by atoms with Gasteiger partial charge < -0.3 is 4.98 Å². The third-order valence-electron chi connectivity index (χ3n) is 3.04. The fourth-order valence-electron chi connectivity index (χ4n) is 2.14. The van der Waals surface area contributed by atoms with E-state index in [4.69, 9.17) is 11.6 Å². The van der Waals surface area contributed by atoms with Gasteiger partial charge in [-0.1, -0.05) is 17.7 Å². The molecule has 0 aliphatic heterocycles. The summed E-state index contributed by atoms with van der Waals surface area (Å²) in [5.74, 6) is 0.742. The van der Waals surface area contributed by atoms with Gasteiger partial charge >= 0.3 is 0 Å². The van der Waals surface area contributed by atoms with E-state index < -0.39 is 0 Å². The Balaban J connectivity index is 2.02. The normalized spacial score (nSPS) is 11.4. The van der Waals surface area contributed by atoms with Gasteiger partial charge in [0.15, 0.2) is 0 Å². The van der Waals surface area contributed by atoms with Crippen LogP contribution in [0.15, 0.2) is 43.0 Å². The van der Waals surface area contributed by atoms with Crippen molar-refractivity contribution in [2.45, 2.75) is 0 Å². The van der Waals surface area contributed by atoms with Gasteiger partial charge in [-0.2, -0.15) is 5.10 Å². The molecule has 3 aromatic heterocycles. The van der Waals surface area contributed by atoms with Crippen LogP contribution in [-0.4, -0.2) is 24.6 Å². The van der Waals surface area contributed by atoms with E-state index in [9.17, 15) is 0 Å². The van der Waals surface area contributed by atoms with Crippen molar-refractivity contribution in [3.8, 4) is 11.4 Å². The van der Waals surface area contributed by atoms with E-state index in [-0.39, 0.29) is 0 Å². The molecule has 0 saturated carbocycles. The Morgan fingerprint density at radius 3 is 3.05 bits per heavy atom. The predicted molar refractivity (Wildman–Crippen MR) is 73.1 cm³/mol. The van der Waals surface area contributed by atoms with Crippen LogP contribution in [0.5, 0.6) is 0 Å². The standard InChI is InChI=1S/C13H8ClN5/c14-9-2-1-3-10-12(9)18-13(17-10)8-6-16-19-5-4-15-7-11(8)19/h1-7H,(H,17,18). The maximum Gasteiger partial charge on any atom is 0.142 e. The molecule has 19 heavy (non-hydrogen) atoms. The fourth-order valence-corrected chi connectivity index (χ4v) is 2.36. The van der Waals surface area contributed by atoms with Crippen molar-refractivity contribution in [2.24, 2.45) is 0 Å². The number of hydrogen-bond donors (Lipinski definition) is 1. The van der Waals surface area contributed by atoms with Crippen LogP contribution in [0.1, 0.15) is 0 Å². The summed E-state index contributed by atoms with van der Waals surface area (Å²) in [6, 6.07) is 5.66. The van der Waals surface area contributed by atoms with Crippen molar-refractivity contribution in [2.75, 3.05) is 0 Å². The molecule has 0 spiro atoms. The molecule has 0 saturated heterocycles. The number of aromatic amines is 1. The highest BCUT2D eigenvalue weighted by Crippen LogP contribution is 2.27. The molecule has 1 N–H and O–H groups in total. The van der Waals surface area contributed by atoms with Crippen LogP contribution >= 0.6 is 11.6 Å². The zero-order valence-electron chi connectivity index (χ0n) is 9.71. The first-order valence-corrected chi connectivity index (χ1v) is 6.13. The lowest BCUT2D eigenvalue weighted by Crippen LogP contribution is -1.86. The highest BCUT2D eigenvalue weighted by atomic mass is 35.5. The Labute approximate surface area is 112 Å². The minimum Gasteiger partial charge on any atom is -0.338 e. The second kappa shape index (κ2) is 3.80. The SMILES string of the molecule is Clc1cccc2[nH]c(-c3cnn4ccncc34)nc12. The number of benzene rings is 1. The number of H-pyrrole nitrogens is 1. The summed E-state index contributed by atoms with van der Waals surface area (Å²) in [5.41, 5.74) is 3.48. The number of hydrogen-bond acceptors (Lipinski definition) is 3. The Kier molecular flexibility index (Phi) is 2.10. The summed E-state index contributed by atoms with van der Waals surface area (Å²) in [6.45, 7) is 0. The number of rotatable bonds is 1. The number of fused-ring (bicyclic) bond motifs is 2. The monoisotopic (exact) mass is 269 g/mol. The van der Waals surface area contributed by atoms with Crippen LogP contribution in [0, 0.1) is 0 Å². The molecule has 0 unspecified atom stereocenters. The van der Waals surface area contributed by atoms with E-state index in [2.05, 4.69) is 20.1 Å².